The van der Waals surface area contributed by atoms with Gasteiger partial charge in [0.2, 0.25) is 5.91 Å². The quantitative estimate of drug-likeness (QED) is 0.837. The van der Waals surface area contributed by atoms with Crippen LogP contribution in [0.4, 0.5) is 5.69 Å². The Bertz CT molecular complexity index is 733. The number of benzene rings is 2. The van der Waals surface area contributed by atoms with E-state index in [1.54, 1.807) is 0 Å². The van der Waals surface area contributed by atoms with Crippen molar-refractivity contribution in [1.82, 2.24) is 5.32 Å². The number of rotatable bonds is 6. The van der Waals surface area contributed by atoms with Crippen LogP contribution in [0.15, 0.2) is 54.6 Å². The zero-order valence-corrected chi connectivity index (χ0v) is 15.3. The topological polar surface area (TPSA) is 61.8 Å². The molecule has 1 aliphatic rings. The Balaban J connectivity index is 1.73. The summed E-state index contributed by atoms with van der Waals surface area (Å²) in [5.74, 6) is 0.943. The molecule has 138 valence electrons. The molecule has 2 atom stereocenters. The van der Waals surface area contributed by atoms with Crippen LogP contribution in [0, 0.1) is 5.92 Å². The molecule has 1 heterocycles. The third-order valence-electron chi connectivity index (χ3n) is 4.60. The zero-order valence-electron chi connectivity index (χ0n) is 15.3. The lowest BCUT2D eigenvalue weighted by molar-refractivity contribution is -0.120. The van der Waals surface area contributed by atoms with Crippen LogP contribution in [0.5, 0.6) is 5.75 Å². The standard InChI is InChI=1S/C21H26N2O3/c1-15(2)21(16-8-4-3-5-9-16)22-20(25)13-23-12-17(14-24)26-19-11-7-6-10-18(19)23/h3-11,15,17,21,24H,12-14H2,1-2H3,(H,22,25)/t17-,21+/m1/s1. The van der Waals surface area contributed by atoms with Crippen molar-refractivity contribution < 1.29 is 14.6 Å². The van der Waals surface area contributed by atoms with Gasteiger partial charge in [0.25, 0.3) is 0 Å². The van der Waals surface area contributed by atoms with Gasteiger partial charge in [-0.05, 0) is 23.6 Å². The van der Waals surface area contributed by atoms with Crippen molar-refractivity contribution >= 4 is 11.6 Å². The minimum atomic E-state index is -0.326. The first-order valence-corrected chi connectivity index (χ1v) is 9.04. The Morgan fingerprint density at radius 1 is 1.19 bits per heavy atom. The van der Waals surface area contributed by atoms with E-state index in [9.17, 15) is 9.90 Å². The number of anilines is 1. The average molecular weight is 354 g/mol. The molecule has 0 spiro atoms. The summed E-state index contributed by atoms with van der Waals surface area (Å²) in [6, 6.07) is 17.6. The van der Waals surface area contributed by atoms with Gasteiger partial charge in [0.05, 0.1) is 31.4 Å². The number of hydrogen-bond acceptors (Lipinski definition) is 4. The largest absolute Gasteiger partial charge is 0.484 e. The van der Waals surface area contributed by atoms with E-state index in [1.165, 1.54) is 0 Å². The lowest BCUT2D eigenvalue weighted by Crippen LogP contribution is -2.47. The van der Waals surface area contributed by atoms with Crippen LogP contribution in [0.3, 0.4) is 0 Å². The van der Waals surface area contributed by atoms with Crippen molar-refractivity contribution in [3.8, 4) is 5.75 Å². The average Bonchev–Trinajstić information content (AvgIpc) is 2.66. The first kappa shape index (κ1) is 18.3. The summed E-state index contributed by atoms with van der Waals surface area (Å²) in [5, 5.41) is 12.6. The summed E-state index contributed by atoms with van der Waals surface area (Å²) >= 11 is 0. The monoisotopic (exact) mass is 354 g/mol. The third-order valence-corrected chi connectivity index (χ3v) is 4.60. The molecule has 0 fully saturated rings. The van der Waals surface area contributed by atoms with Gasteiger partial charge in [-0.15, -0.1) is 0 Å². The first-order valence-electron chi connectivity index (χ1n) is 9.04. The molecule has 2 aromatic carbocycles. The van der Waals surface area contributed by atoms with Crippen LogP contribution >= 0.6 is 0 Å². The van der Waals surface area contributed by atoms with Gasteiger partial charge in [-0.1, -0.05) is 56.3 Å². The summed E-state index contributed by atoms with van der Waals surface area (Å²) in [5.41, 5.74) is 1.99. The van der Waals surface area contributed by atoms with E-state index in [-0.39, 0.29) is 37.1 Å². The van der Waals surface area contributed by atoms with Crippen LogP contribution in [0.25, 0.3) is 0 Å². The Morgan fingerprint density at radius 3 is 2.58 bits per heavy atom. The highest BCUT2D eigenvalue weighted by Crippen LogP contribution is 2.32. The van der Waals surface area contributed by atoms with Gasteiger partial charge in [0.15, 0.2) is 0 Å². The van der Waals surface area contributed by atoms with Gasteiger partial charge in [-0.3, -0.25) is 4.79 Å². The van der Waals surface area contributed by atoms with Crippen molar-refractivity contribution in [3.63, 3.8) is 0 Å². The second-order valence-corrected chi connectivity index (χ2v) is 6.97. The molecular weight excluding hydrogens is 328 g/mol. The van der Waals surface area contributed by atoms with Crippen LogP contribution in [0.1, 0.15) is 25.5 Å². The predicted octanol–water partition coefficient (Wildman–Crippen LogP) is 2.76. The van der Waals surface area contributed by atoms with Gasteiger partial charge in [-0.2, -0.15) is 0 Å². The second-order valence-electron chi connectivity index (χ2n) is 6.97. The summed E-state index contributed by atoms with van der Waals surface area (Å²) in [6.07, 6.45) is -0.326. The molecule has 0 saturated heterocycles. The van der Waals surface area contributed by atoms with Crippen molar-refractivity contribution in [3.05, 3.63) is 60.2 Å². The van der Waals surface area contributed by atoms with Gasteiger partial charge < -0.3 is 20.1 Å². The molecule has 2 aromatic rings. The third kappa shape index (κ3) is 4.17. The molecule has 0 bridgehead atoms. The maximum absolute atomic E-state index is 12.7. The van der Waals surface area contributed by atoms with Crippen molar-refractivity contribution in [2.45, 2.75) is 26.0 Å². The fourth-order valence-corrected chi connectivity index (χ4v) is 3.31. The molecule has 5 heteroatoms. The molecule has 1 amide bonds. The number of hydrogen-bond donors (Lipinski definition) is 2. The lowest BCUT2D eigenvalue weighted by atomic mass is 9.96. The Labute approximate surface area is 154 Å². The molecule has 0 unspecified atom stereocenters. The molecule has 0 aliphatic carbocycles. The molecule has 0 radical (unpaired) electrons. The highest BCUT2D eigenvalue weighted by atomic mass is 16.5. The Hall–Kier alpha value is -2.53. The van der Waals surface area contributed by atoms with Crippen LogP contribution in [-0.4, -0.2) is 36.8 Å². The number of aliphatic hydroxyl groups excluding tert-OH is 1. The highest BCUT2D eigenvalue weighted by Gasteiger charge is 2.27. The summed E-state index contributed by atoms with van der Waals surface area (Å²) in [7, 11) is 0. The van der Waals surface area contributed by atoms with Crippen LogP contribution in [-0.2, 0) is 4.79 Å². The van der Waals surface area contributed by atoms with Gasteiger partial charge >= 0.3 is 0 Å². The molecule has 3 rings (SSSR count). The van der Waals surface area contributed by atoms with Crippen molar-refractivity contribution in [1.29, 1.82) is 0 Å². The number of nitrogens with one attached hydrogen (secondary N) is 1. The summed E-state index contributed by atoms with van der Waals surface area (Å²) in [4.78, 5) is 14.7. The first-order chi connectivity index (χ1) is 12.6. The molecule has 0 saturated carbocycles. The van der Waals surface area contributed by atoms with Gasteiger partial charge in [0, 0.05) is 0 Å². The molecule has 2 N–H and O–H groups in total. The Morgan fingerprint density at radius 2 is 1.88 bits per heavy atom. The van der Waals surface area contributed by atoms with E-state index in [2.05, 4.69) is 19.2 Å². The number of carbonyl (C=O) groups is 1. The number of ether oxygens (including phenoxy) is 1. The van der Waals surface area contributed by atoms with E-state index < -0.39 is 0 Å². The maximum Gasteiger partial charge on any atom is 0.240 e. The number of carbonyl (C=O) groups excluding carboxylic acids is 1. The normalized spacial score (nSPS) is 17.4. The lowest BCUT2D eigenvalue weighted by Gasteiger charge is -2.35. The van der Waals surface area contributed by atoms with E-state index in [4.69, 9.17) is 4.74 Å². The fourth-order valence-electron chi connectivity index (χ4n) is 3.31. The zero-order chi connectivity index (χ0) is 18.5. The minimum Gasteiger partial charge on any atom is -0.484 e. The molecule has 26 heavy (non-hydrogen) atoms. The van der Waals surface area contributed by atoms with E-state index in [0.29, 0.717) is 12.3 Å². The summed E-state index contributed by atoms with van der Waals surface area (Å²) in [6.45, 7) is 4.84. The molecule has 0 aromatic heterocycles. The maximum atomic E-state index is 12.7. The van der Waals surface area contributed by atoms with E-state index in [1.807, 2.05) is 59.5 Å². The van der Waals surface area contributed by atoms with E-state index >= 15 is 0 Å². The summed E-state index contributed by atoms with van der Waals surface area (Å²) < 4.78 is 5.76. The smallest absolute Gasteiger partial charge is 0.240 e. The van der Waals surface area contributed by atoms with Gasteiger partial charge in [0.1, 0.15) is 11.9 Å². The second kappa shape index (κ2) is 8.23. The number of fused-ring (bicyclic) bond motifs is 1. The van der Waals surface area contributed by atoms with Crippen molar-refractivity contribution in [2.24, 2.45) is 5.92 Å². The Kier molecular flexibility index (Phi) is 5.78. The minimum absolute atomic E-state index is 0.0337. The number of aliphatic hydroxyl groups is 1. The predicted molar refractivity (Wildman–Crippen MR) is 102 cm³/mol. The SMILES string of the molecule is CC(C)[C@H](NC(=O)CN1C[C@H](CO)Oc2ccccc21)c1ccccc1. The molecular formula is C21H26N2O3. The number of amides is 1. The van der Waals surface area contributed by atoms with Crippen LogP contribution < -0.4 is 15.0 Å². The number of para-hydroxylation sites is 2. The fraction of sp³-hybridized carbons (Fsp3) is 0.381. The van der Waals surface area contributed by atoms with Crippen LogP contribution in [0.2, 0.25) is 0 Å². The van der Waals surface area contributed by atoms with Crippen molar-refractivity contribution in [2.75, 3.05) is 24.6 Å². The van der Waals surface area contributed by atoms with Gasteiger partial charge in [-0.25, -0.2) is 0 Å². The highest BCUT2D eigenvalue weighted by molar-refractivity contribution is 5.82. The van der Waals surface area contributed by atoms with E-state index in [0.717, 1.165) is 11.3 Å². The molecule has 1 aliphatic heterocycles. The molecule has 5 nitrogen and oxygen atoms in total. The number of nitrogens with zero attached hydrogens (tertiary/aromatic N) is 1.